The fourth-order valence-electron chi connectivity index (χ4n) is 2.41. The highest BCUT2D eigenvalue weighted by atomic mass is 32.2. The standard InChI is InChI=1S/C18H20N2O4S2/c1-11(2)8-13(17(23)24)19-15(21)10-20-16(22)14(26-18(20)25)9-12-6-4-3-5-7-12/h3-7,9,11,13H,8,10H2,1-2H3,(H,19,21)(H,23,24)/p-1/b14-9-/t13-/m0/s1. The Labute approximate surface area is 161 Å². The second kappa shape index (κ2) is 8.95. The minimum atomic E-state index is -1.35. The summed E-state index contributed by atoms with van der Waals surface area (Å²) in [6.07, 6.45) is 1.96. The van der Waals surface area contributed by atoms with Crippen molar-refractivity contribution in [3.8, 4) is 0 Å². The molecule has 0 bridgehead atoms. The Balaban J connectivity index is 2.04. The minimum absolute atomic E-state index is 0.0728. The molecule has 1 aliphatic heterocycles. The topological polar surface area (TPSA) is 89.5 Å². The first kappa shape index (κ1) is 20.1. The lowest BCUT2D eigenvalue weighted by atomic mass is 10.0. The van der Waals surface area contributed by atoms with Gasteiger partial charge in [0.25, 0.3) is 5.91 Å². The third kappa shape index (κ3) is 5.40. The maximum atomic E-state index is 12.5. The van der Waals surface area contributed by atoms with Crippen molar-refractivity contribution >= 4 is 52.2 Å². The highest BCUT2D eigenvalue weighted by Crippen LogP contribution is 2.32. The molecule has 0 saturated carbocycles. The molecule has 138 valence electrons. The van der Waals surface area contributed by atoms with Crippen LogP contribution in [-0.4, -0.2) is 39.6 Å². The normalized spacial score (nSPS) is 17.0. The second-order valence-corrected chi connectivity index (χ2v) is 7.92. The summed E-state index contributed by atoms with van der Waals surface area (Å²) in [7, 11) is 0. The molecule has 26 heavy (non-hydrogen) atoms. The van der Waals surface area contributed by atoms with Crippen LogP contribution in [0.25, 0.3) is 6.08 Å². The second-order valence-electron chi connectivity index (χ2n) is 6.25. The number of carboxylic acid groups (broad SMARTS) is 1. The number of carbonyl (C=O) groups excluding carboxylic acids is 3. The summed E-state index contributed by atoms with van der Waals surface area (Å²) in [6.45, 7) is 3.37. The molecule has 1 aromatic rings. The Morgan fingerprint density at radius 1 is 1.31 bits per heavy atom. The smallest absolute Gasteiger partial charge is 0.266 e. The zero-order valence-corrected chi connectivity index (χ0v) is 16.1. The number of thioether (sulfide) groups is 1. The molecule has 2 rings (SSSR count). The van der Waals surface area contributed by atoms with E-state index in [9.17, 15) is 19.5 Å². The molecule has 0 radical (unpaired) electrons. The van der Waals surface area contributed by atoms with Gasteiger partial charge in [-0.3, -0.25) is 14.5 Å². The lowest BCUT2D eigenvalue weighted by Gasteiger charge is -2.23. The summed E-state index contributed by atoms with van der Waals surface area (Å²) in [5.41, 5.74) is 0.853. The molecule has 1 fully saturated rings. The molecule has 0 aliphatic carbocycles. The minimum Gasteiger partial charge on any atom is -0.548 e. The van der Waals surface area contributed by atoms with Crippen LogP contribution in [0.2, 0.25) is 0 Å². The molecule has 8 heteroatoms. The van der Waals surface area contributed by atoms with E-state index >= 15 is 0 Å². The molecule has 1 heterocycles. The van der Waals surface area contributed by atoms with Gasteiger partial charge in [0, 0.05) is 0 Å². The molecule has 2 amide bonds. The summed E-state index contributed by atoms with van der Waals surface area (Å²) in [5, 5.41) is 13.5. The van der Waals surface area contributed by atoms with E-state index in [-0.39, 0.29) is 29.1 Å². The number of hydrogen-bond donors (Lipinski definition) is 1. The van der Waals surface area contributed by atoms with Gasteiger partial charge in [0.2, 0.25) is 5.91 Å². The number of nitrogens with one attached hydrogen (secondary N) is 1. The SMILES string of the molecule is CC(C)C[C@H](NC(=O)CN1C(=O)/C(=C/c2ccccc2)SC1=S)C(=O)[O-]. The van der Waals surface area contributed by atoms with E-state index in [1.54, 1.807) is 6.08 Å². The molecule has 1 atom stereocenters. The number of benzene rings is 1. The lowest BCUT2D eigenvalue weighted by Crippen LogP contribution is -2.51. The largest absolute Gasteiger partial charge is 0.548 e. The van der Waals surface area contributed by atoms with Crippen LogP contribution in [0.3, 0.4) is 0 Å². The monoisotopic (exact) mass is 391 g/mol. The maximum Gasteiger partial charge on any atom is 0.266 e. The highest BCUT2D eigenvalue weighted by molar-refractivity contribution is 8.26. The maximum absolute atomic E-state index is 12.5. The highest BCUT2D eigenvalue weighted by Gasteiger charge is 2.33. The number of thiocarbonyl (C=S) groups is 1. The Morgan fingerprint density at radius 3 is 2.54 bits per heavy atom. The molecule has 1 aromatic carbocycles. The van der Waals surface area contributed by atoms with Crippen molar-refractivity contribution in [2.75, 3.05) is 6.54 Å². The van der Waals surface area contributed by atoms with Gasteiger partial charge in [-0.1, -0.05) is 68.2 Å². The van der Waals surface area contributed by atoms with E-state index in [1.807, 2.05) is 44.2 Å². The van der Waals surface area contributed by atoms with Crippen LogP contribution in [0.5, 0.6) is 0 Å². The van der Waals surface area contributed by atoms with Crippen molar-refractivity contribution in [3.63, 3.8) is 0 Å². The van der Waals surface area contributed by atoms with Crippen molar-refractivity contribution in [3.05, 3.63) is 40.8 Å². The van der Waals surface area contributed by atoms with Gasteiger partial charge in [-0.05, 0) is 24.0 Å². The van der Waals surface area contributed by atoms with Gasteiger partial charge in [0.15, 0.2) is 0 Å². The summed E-state index contributed by atoms with van der Waals surface area (Å²) in [4.78, 5) is 37.4. The number of carbonyl (C=O) groups is 3. The fraction of sp³-hybridized carbons (Fsp3) is 0.333. The predicted molar refractivity (Wildman–Crippen MR) is 103 cm³/mol. The third-order valence-corrected chi connectivity index (χ3v) is 4.98. The van der Waals surface area contributed by atoms with Crippen molar-refractivity contribution in [2.45, 2.75) is 26.3 Å². The molecule has 6 nitrogen and oxygen atoms in total. The molecule has 0 spiro atoms. The van der Waals surface area contributed by atoms with E-state index in [4.69, 9.17) is 12.2 Å². The van der Waals surface area contributed by atoms with Crippen LogP contribution in [0.1, 0.15) is 25.8 Å². The van der Waals surface area contributed by atoms with Gasteiger partial charge in [0.05, 0.1) is 16.9 Å². The Bertz CT molecular complexity index is 747. The van der Waals surface area contributed by atoms with Crippen molar-refractivity contribution < 1.29 is 19.5 Å². The molecule has 1 aliphatic rings. The van der Waals surface area contributed by atoms with Crippen molar-refractivity contribution in [1.82, 2.24) is 10.2 Å². The fourth-order valence-corrected chi connectivity index (χ4v) is 3.66. The average Bonchev–Trinajstić information content (AvgIpc) is 2.82. The van der Waals surface area contributed by atoms with Crippen molar-refractivity contribution in [1.29, 1.82) is 0 Å². The van der Waals surface area contributed by atoms with Crippen LogP contribution in [0.4, 0.5) is 0 Å². The molecule has 1 saturated heterocycles. The van der Waals surface area contributed by atoms with Gasteiger partial charge >= 0.3 is 0 Å². The van der Waals surface area contributed by atoms with Crippen LogP contribution in [-0.2, 0) is 14.4 Å². The van der Waals surface area contributed by atoms with Crippen LogP contribution in [0.15, 0.2) is 35.2 Å². The zero-order valence-electron chi connectivity index (χ0n) is 14.4. The lowest BCUT2D eigenvalue weighted by molar-refractivity contribution is -0.308. The van der Waals surface area contributed by atoms with E-state index in [0.29, 0.717) is 4.91 Å². The van der Waals surface area contributed by atoms with Gasteiger partial charge in [-0.15, -0.1) is 0 Å². The first-order chi connectivity index (χ1) is 12.3. The van der Waals surface area contributed by atoms with Crippen LogP contribution >= 0.6 is 24.0 Å². The number of carboxylic acids is 1. The predicted octanol–water partition coefficient (Wildman–Crippen LogP) is 1.17. The van der Waals surface area contributed by atoms with E-state index in [1.165, 1.54) is 4.90 Å². The Morgan fingerprint density at radius 2 is 1.96 bits per heavy atom. The summed E-state index contributed by atoms with van der Waals surface area (Å²) >= 11 is 6.30. The average molecular weight is 391 g/mol. The van der Waals surface area contributed by atoms with Gasteiger partial charge < -0.3 is 15.2 Å². The van der Waals surface area contributed by atoms with E-state index in [0.717, 1.165) is 17.3 Å². The quantitative estimate of drug-likeness (QED) is 0.554. The summed E-state index contributed by atoms with van der Waals surface area (Å²) in [5.74, 6) is -2.23. The Kier molecular flexibility index (Phi) is 6.93. The number of rotatable bonds is 7. The van der Waals surface area contributed by atoms with Gasteiger partial charge in [0.1, 0.15) is 10.9 Å². The summed E-state index contributed by atoms with van der Waals surface area (Å²) < 4.78 is 0.265. The number of hydrogen-bond acceptors (Lipinski definition) is 6. The third-order valence-electron chi connectivity index (χ3n) is 3.60. The first-order valence-electron chi connectivity index (χ1n) is 8.08. The van der Waals surface area contributed by atoms with E-state index in [2.05, 4.69) is 5.32 Å². The number of aliphatic carboxylic acids is 1. The zero-order chi connectivity index (χ0) is 19.3. The molecule has 1 N–H and O–H groups in total. The van der Waals surface area contributed by atoms with Crippen molar-refractivity contribution in [2.24, 2.45) is 5.92 Å². The molecule has 0 unspecified atom stereocenters. The molecular weight excluding hydrogens is 372 g/mol. The molecule has 0 aromatic heterocycles. The van der Waals surface area contributed by atoms with Gasteiger partial charge in [-0.2, -0.15) is 0 Å². The summed E-state index contributed by atoms with van der Waals surface area (Å²) in [6, 6.07) is 8.20. The first-order valence-corrected chi connectivity index (χ1v) is 9.31. The number of amides is 2. The molecular formula is C18H19N2O4S2-. The van der Waals surface area contributed by atoms with E-state index < -0.39 is 17.9 Å². The number of nitrogens with zero attached hydrogens (tertiary/aromatic N) is 1. The van der Waals surface area contributed by atoms with Crippen LogP contribution in [0, 0.1) is 5.92 Å². The van der Waals surface area contributed by atoms with Crippen LogP contribution < -0.4 is 10.4 Å². The van der Waals surface area contributed by atoms with Gasteiger partial charge in [-0.25, -0.2) is 0 Å². The Hall–Kier alpha value is -2.19.